The Balaban J connectivity index is 1.77. The summed E-state index contributed by atoms with van der Waals surface area (Å²) >= 11 is 0. The highest BCUT2D eigenvalue weighted by Gasteiger charge is 2.21. The predicted molar refractivity (Wildman–Crippen MR) is 71.5 cm³/mol. The van der Waals surface area contributed by atoms with Gasteiger partial charge in [-0.3, -0.25) is 9.89 Å². The Morgan fingerprint density at radius 3 is 2.78 bits per heavy atom. The maximum absolute atomic E-state index is 11.6. The van der Waals surface area contributed by atoms with Crippen molar-refractivity contribution in [3.8, 4) is 0 Å². The van der Waals surface area contributed by atoms with Crippen LogP contribution in [0.5, 0.6) is 0 Å². The van der Waals surface area contributed by atoms with Gasteiger partial charge in [0.2, 0.25) is 5.91 Å². The topological polar surface area (TPSA) is 69.8 Å². The van der Waals surface area contributed by atoms with Gasteiger partial charge in [-0.1, -0.05) is 20.8 Å². The molecule has 0 unspecified atom stereocenters. The number of H-pyrrole nitrogens is 1. The van der Waals surface area contributed by atoms with E-state index in [1.807, 2.05) is 6.07 Å². The highest BCUT2D eigenvalue weighted by atomic mass is 16.2. The molecule has 1 aliphatic carbocycles. The van der Waals surface area contributed by atoms with E-state index in [1.165, 1.54) is 12.8 Å². The minimum Gasteiger partial charge on any atom is -0.308 e. The average molecular weight is 250 g/mol. The third-order valence-electron chi connectivity index (χ3n) is 3.07. The Bertz CT molecular complexity index is 415. The molecule has 1 aromatic rings. The summed E-state index contributed by atoms with van der Waals surface area (Å²) in [5.41, 5.74) is 1.03. The summed E-state index contributed by atoms with van der Waals surface area (Å²) in [6.07, 6.45) is 2.59. The van der Waals surface area contributed by atoms with Gasteiger partial charge < -0.3 is 10.6 Å². The van der Waals surface area contributed by atoms with Gasteiger partial charge in [0.25, 0.3) is 0 Å². The second kappa shape index (κ2) is 5.10. The van der Waals surface area contributed by atoms with E-state index in [1.54, 1.807) is 0 Å². The number of hydrogen-bond acceptors (Lipinski definition) is 3. The van der Waals surface area contributed by atoms with Gasteiger partial charge in [-0.2, -0.15) is 5.10 Å². The van der Waals surface area contributed by atoms with E-state index < -0.39 is 0 Å². The molecule has 0 aromatic carbocycles. The quantitative estimate of drug-likeness (QED) is 0.744. The van der Waals surface area contributed by atoms with Crippen LogP contribution in [0.4, 0.5) is 5.82 Å². The summed E-state index contributed by atoms with van der Waals surface area (Å²) in [5, 5.41) is 13.0. The Morgan fingerprint density at radius 1 is 1.50 bits per heavy atom. The van der Waals surface area contributed by atoms with Crippen LogP contribution in [0, 0.1) is 5.92 Å². The number of anilines is 1. The smallest absolute Gasteiger partial charge is 0.239 e. The molecule has 1 aromatic heterocycles. The molecule has 3 N–H and O–H groups in total. The summed E-state index contributed by atoms with van der Waals surface area (Å²) in [5.74, 6) is 1.34. The monoisotopic (exact) mass is 250 g/mol. The lowest BCUT2D eigenvalue weighted by molar-refractivity contribution is -0.115. The van der Waals surface area contributed by atoms with Gasteiger partial charge in [0.05, 0.1) is 6.54 Å². The van der Waals surface area contributed by atoms with E-state index in [0.717, 1.165) is 18.2 Å². The summed E-state index contributed by atoms with van der Waals surface area (Å²) < 4.78 is 0. The molecule has 5 heteroatoms. The van der Waals surface area contributed by atoms with Crippen molar-refractivity contribution in [1.82, 2.24) is 15.5 Å². The highest BCUT2D eigenvalue weighted by molar-refractivity contribution is 5.91. The number of nitrogens with zero attached hydrogens (tertiary/aromatic N) is 1. The van der Waals surface area contributed by atoms with E-state index in [-0.39, 0.29) is 11.3 Å². The second-order valence-electron chi connectivity index (χ2n) is 6.04. The fourth-order valence-corrected chi connectivity index (χ4v) is 1.67. The van der Waals surface area contributed by atoms with Crippen molar-refractivity contribution < 1.29 is 4.79 Å². The Hall–Kier alpha value is -1.36. The van der Waals surface area contributed by atoms with Crippen molar-refractivity contribution in [2.75, 3.05) is 18.4 Å². The van der Waals surface area contributed by atoms with E-state index in [2.05, 4.69) is 41.6 Å². The largest absolute Gasteiger partial charge is 0.308 e. The van der Waals surface area contributed by atoms with E-state index in [0.29, 0.717) is 12.4 Å². The van der Waals surface area contributed by atoms with Crippen molar-refractivity contribution >= 4 is 11.7 Å². The van der Waals surface area contributed by atoms with Crippen molar-refractivity contribution in [3.63, 3.8) is 0 Å². The molecule has 1 amide bonds. The fraction of sp³-hybridized carbons (Fsp3) is 0.692. The molecule has 0 radical (unpaired) electrons. The van der Waals surface area contributed by atoms with Gasteiger partial charge in [0.15, 0.2) is 5.82 Å². The second-order valence-corrected chi connectivity index (χ2v) is 6.04. The van der Waals surface area contributed by atoms with Crippen LogP contribution >= 0.6 is 0 Å². The van der Waals surface area contributed by atoms with Crippen molar-refractivity contribution in [2.24, 2.45) is 5.92 Å². The lowest BCUT2D eigenvalue weighted by Gasteiger charge is -2.14. The molecule has 0 spiro atoms. The molecule has 18 heavy (non-hydrogen) atoms. The molecule has 0 aliphatic heterocycles. The minimum absolute atomic E-state index is 0.0141. The van der Waals surface area contributed by atoms with Gasteiger partial charge in [-0.15, -0.1) is 0 Å². The number of aromatic amines is 1. The first-order chi connectivity index (χ1) is 8.45. The number of hydrogen-bond donors (Lipinski definition) is 3. The van der Waals surface area contributed by atoms with Gasteiger partial charge in [0, 0.05) is 17.2 Å². The van der Waals surface area contributed by atoms with Crippen molar-refractivity contribution in [2.45, 2.75) is 39.0 Å². The third-order valence-corrected chi connectivity index (χ3v) is 3.07. The van der Waals surface area contributed by atoms with Crippen molar-refractivity contribution in [3.05, 3.63) is 11.8 Å². The summed E-state index contributed by atoms with van der Waals surface area (Å²) in [6, 6.07) is 1.89. The number of rotatable bonds is 5. The Morgan fingerprint density at radius 2 is 2.22 bits per heavy atom. The van der Waals surface area contributed by atoms with Crippen LogP contribution in [0.25, 0.3) is 0 Å². The maximum Gasteiger partial charge on any atom is 0.239 e. The number of carbonyl (C=O) groups excluding carboxylic acids is 1. The molecule has 5 nitrogen and oxygen atoms in total. The summed E-state index contributed by atoms with van der Waals surface area (Å²) in [7, 11) is 0. The van der Waals surface area contributed by atoms with Crippen LogP contribution in [-0.4, -0.2) is 29.2 Å². The number of carbonyl (C=O) groups is 1. The molecule has 1 heterocycles. The molecule has 1 fully saturated rings. The van der Waals surface area contributed by atoms with E-state index in [9.17, 15) is 4.79 Å². The molecule has 0 bridgehead atoms. The number of aromatic nitrogens is 2. The molecule has 1 saturated carbocycles. The van der Waals surface area contributed by atoms with Gasteiger partial charge in [0.1, 0.15) is 0 Å². The molecule has 1 aliphatic rings. The normalized spacial score (nSPS) is 15.7. The van der Waals surface area contributed by atoms with E-state index in [4.69, 9.17) is 0 Å². The van der Waals surface area contributed by atoms with Crippen molar-refractivity contribution in [1.29, 1.82) is 0 Å². The zero-order valence-corrected chi connectivity index (χ0v) is 11.3. The lowest BCUT2D eigenvalue weighted by atomic mass is 9.92. The summed E-state index contributed by atoms with van der Waals surface area (Å²) in [6.45, 7) is 7.60. The average Bonchev–Trinajstić information content (AvgIpc) is 2.94. The number of amides is 1. The Labute approximate surface area is 108 Å². The fourth-order valence-electron chi connectivity index (χ4n) is 1.67. The first kappa shape index (κ1) is 13.1. The zero-order chi connectivity index (χ0) is 13.2. The van der Waals surface area contributed by atoms with Gasteiger partial charge in [-0.25, -0.2) is 0 Å². The third kappa shape index (κ3) is 3.84. The minimum atomic E-state index is -0.0393. The highest BCUT2D eigenvalue weighted by Crippen LogP contribution is 2.27. The maximum atomic E-state index is 11.6. The first-order valence-electron chi connectivity index (χ1n) is 6.51. The Kier molecular flexibility index (Phi) is 3.71. The van der Waals surface area contributed by atoms with E-state index >= 15 is 0 Å². The van der Waals surface area contributed by atoms with Crippen LogP contribution in [0.15, 0.2) is 6.07 Å². The standard InChI is InChI=1S/C13H22N4O/c1-13(2,3)10-6-11(17-16-10)15-12(18)8-14-7-9-4-5-9/h6,9,14H,4-5,7-8H2,1-3H3,(H2,15,16,17,18). The van der Waals surface area contributed by atoms with Crippen LogP contribution < -0.4 is 10.6 Å². The molecule has 100 valence electrons. The first-order valence-corrected chi connectivity index (χ1v) is 6.51. The molecular formula is C13H22N4O. The molecule has 0 saturated heterocycles. The molecule has 0 atom stereocenters. The lowest BCUT2D eigenvalue weighted by Crippen LogP contribution is -2.29. The van der Waals surface area contributed by atoms with Crippen LogP contribution in [-0.2, 0) is 10.2 Å². The van der Waals surface area contributed by atoms with Gasteiger partial charge >= 0.3 is 0 Å². The molecule has 2 rings (SSSR count). The van der Waals surface area contributed by atoms with Gasteiger partial charge in [-0.05, 0) is 25.3 Å². The molecular weight excluding hydrogens is 228 g/mol. The summed E-state index contributed by atoms with van der Waals surface area (Å²) in [4.78, 5) is 11.6. The van der Waals surface area contributed by atoms with Crippen LogP contribution in [0.3, 0.4) is 0 Å². The SMILES string of the molecule is CC(C)(C)c1cc(NC(=O)CNCC2CC2)n[nH]1. The van der Waals surface area contributed by atoms with Crippen LogP contribution in [0.2, 0.25) is 0 Å². The van der Waals surface area contributed by atoms with Crippen LogP contribution in [0.1, 0.15) is 39.3 Å². The predicted octanol–water partition coefficient (Wildman–Crippen LogP) is 1.65. The number of nitrogens with one attached hydrogen (secondary N) is 3. The zero-order valence-electron chi connectivity index (χ0n) is 11.3.